The van der Waals surface area contributed by atoms with E-state index in [9.17, 15) is 0 Å². The fourth-order valence-electron chi connectivity index (χ4n) is 2.65. The average molecular weight is 264 g/mol. The predicted molar refractivity (Wildman–Crippen MR) is 76.0 cm³/mol. The molecule has 1 aliphatic rings. The molecule has 0 aliphatic carbocycles. The molecule has 1 aromatic rings. The van der Waals surface area contributed by atoms with Gasteiger partial charge in [-0.25, -0.2) is 9.97 Å². The Morgan fingerprint density at radius 3 is 3.05 bits per heavy atom. The van der Waals surface area contributed by atoms with Gasteiger partial charge in [0.15, 0.2) is 0 Å². The second-order valence-corrected chi connectivity index (χ2v) is 5.24. The maximum absolute atomic E-state index is 8.98. The number of aryl methyl sites for hydroxylation is 1. The van der Waals surface area contributed by atoms with Crippen molar-refractivity contribution >= 4 is 5.82 Å². The third-order valence-corrected chi connectivity index (χ3v) is 3.53. The number of rotatable bonds is 6. The van der Waals surface area contributed by atoms with Gasteiger partial charge in [0, 0.05) is 31.5 Å². The molecular formula is C14H24N4O. The Kier molecular flexibility index (Phi) is 5.10. The smallest absolute Gasteiger partial charge is 0.144 e. The van der Waals surface area contributed by atoms with E-state index in [4.69, 9.17) is 5.11 Å². The molecule has 2 heterocycles. The minimum atomic E-state index is 0.296. The molecule has 1 fully saturated rings. The van der Waals surface area contributed by atoms with Gasteiger partial charge in [-0.3, -0.25) is 4.90 Å². The van der Waals surface area contributed by atoms with E-state index >= 15 is 0 Å². The number of likely N-dealkylation sites (tertiary alicyclic amines) is 1. The fourth-order valence-corrected chi connectivity index (χ4v) is 2.65. The molecule has 5 heteroatoms. The van der Waals surface area contributed by atoms with Gasteiger partial charge in [-0.05, 0) is 39.2 Å². The molecule has 0 aromatic carbocycles. The van der Waals surface area contributed by atoms with Crippen molar-refractivity contribution in [2.45, 2.75) is 33.2 Å². The summed E-state index contributed by atoms with van der Waals surface area (Å²) >= 11 is 0. The van der Waals surface area contributed by atoms with Crippen molar-refractivity contribution in [1.29, 1.82) is 0 Å². The van der Waals surface area contributed by atoms with E-state index in [2.05, 4.69) is 27.1 Å². The van der Waals surface area contributed by atoms with Gasteiger partial charge < -0.3 is 10.4 Å². The Balaban J connectivity index is 1.95. The van der Waals surface area contributed by atoms with Crippen LogP contribution in [0.4, 0.5) is 5.82 Å². The molecule has 19 heavy (non-hydrogen) atoms. The summed E-state index contributed by atoms with van der Waals surface area (Å²) in [5.74, 6) is 2.43. The first-order chi connectivity index (χ1) is 9.21. The van der Waals surface area contributed by atoms with Crippen molar-refractivity contribution in [1.82, 2.24) is 14.9 Å². The summed E-state index contributed by atoms with van der Waals surface area (Å²) in [7, 11) is 0. The normalized spacial score (nSPS) is 19.8. The van der Waals surface area contributed by atoms with E-state index in [1.165, 1.54) is 6.42 Å². The van der Waals surface area contributed by atoms with Crippen LogP contribution in [0.5, 0.6) is 0 Å². The number of hydrogen-bond acceptors (Lipinski definition) is 5. The lowest BCUT2D eigenvalue weighted by atomic mass is 10.1. The lowest BCUT2D eigenvalue weighted by Gasteiger charge is -2.15. The molecular weight excluding hydrogens is 240 g/mol. The number of hydrogen-bond donors (Lipinski definition) is 2. The Bertz CT molecular complexity index is 410. The van der Waals surface area contributed by atoms with Crippen LogP contribution in [-0.2, 0) is 6.54 Å². The zero-order valence-corrected chi connectivity index (χ0v) is 11.9. The van der Waals surface area contributed by atoms with Crippen molar-refractivity contribution in [2.75, 3.05) is 31.6 Å². The summed E-state index contributed by atoms with van der Waals surface area (Å²) in [6.45, 7) is 8.18. The second kappa shape index (κ2) is 6.82. The molecule has 2 N–H and O–H groups in total. The molecule has 1 unspecified atom stereocenters. The molecule has 1 aromatic heterocycles. The van der Waals surface area contributed by atoms with E-state index in [1.807, 2.05) is 13.0 Å². The number of nitrogens with zero attached hydrogens (tertiary/aromatic N) is 3. The highest BCUT2D eigenvalue weighted by atomic mass is 16.3. The number of aliphatic hydroxyl groups is 1. The monoisotopic (exact) mass is 264 g/mol. The topological polar surface area (TPSA) is 61.3 Å². The molecule has 0 saturated carbocycles. The van der Waals surface area contributed by atoms with Crippen LogP contribution in [0.1, 0.15) is 31.3 Å². The highest BCUT2D eigenvalue weighted by molar-refractivity contribution is 5.35. The number of aliphatic hydroxyl groups excluding tert-OH is 1. The van der Waals surface area contributed by atoms with Crippen LogP contribution in [-0.4, -0.2) is 46.2 Å². The van der Waals surface area contributed by atoms with Gasteiger partial charge in [0.25, 0.3) is 0 Å². The van der Waals surface area contributed by atoms with E-state index < -0.39 is 0 Å². The lowest BCUT2D eigenvalue weighted by molar-refractivity contribution is 0.248. The van der Waals surface area contributed by atoms with Crippen molar-refractivity contribution in [3.63, 3.8) is 0 Å². The largest absolute Gasteiger partial charge is 0.396 e. The van der Waals surface area contributed by atoms with Gasteiger partial charge in [-0.1, -0.05) is 0 Å². The van der Waals surface area contributed by atoms with Gasteiger partial charge >= 0.3 is 0 Å². The summed E-state index contributed by atoms with van der Waals surface area (Å²) < 4.78 is 0. The zero-order valence-electron chi connectivity index (χ0n) is 11.9. The first-order valence-corrected chi connectivity index (χ1v) is 7.13. The van der Waals surface area contributed by atoms with E-state index in [0.717, 1.165) is 49.9 Å². The van der Waals surface area contributed by atoms with Crippen LogP contribution < -0.4 is 5.32 Å². The molecule has 0 spiro atoms. The molecule has 106 valence electrons. The Morgan fingerprint density at radius 1 is 1.47 bits per heavy atom. The number of anilines is 1. The first-order valence-electron chi connectivity index (χ1n) is 7.13. The maximum atomic E-state index is 8.98. The van der Waals surface area contributed by atoms with E-state index in [1.54, 1.807) is 0 Å². The Labute approximate surface area is 115 Å². The standard InChI is InChI=1S/C14H24N4O/c1-3-15-13-8-11(2)16-14(17-13)10-18-6-4-12(9-18)5-7-19/h8,12,19H,3-7,9-10H2,1-2H3,(H,15,16,17). The molecule has 0 radical (unpaired) electrons. The highest BCUT2D eigenvalue weighted by Crippen LogP contribution is 2.20. The number of aromatic nitrogens is 2. The molecule has 2 rings (SSSR count). The van der Waals surface area contributed by atoms with E-state index in [0.29, 0.717) is 12.5 Å². The van der Waals surface area contributed by atoms with Gasteiger partial charge in [-0.2, -0.15) is 0 Å². The van der Waals surface area contributed by atoms with Gasteiger partial charge in [0.2, 0.25) is 0 Å². The summed E-state index contributed by atoms with van der Waals surface area (Å²) in [5.41, 5.74) is 1.01. The van der Waals surface area contributed by atoms with Crippen LogP contribution in [0.3, 0.4) is 0 Å². The molecule has 1 saturated heterocycles. The summed E-state index contributed by atoms with van der Waals surface area (Å²) in [4.78, 5) is 11.4. The van der Waals surface area contributed by atoms with Crippen molar-refractivity contribution in [2.24, 2.45) is 5.92 Å². The van der Waals surface area contributed by atoms with E-state index in [-0.39, 0.29) is 0 Å². The molecule has 1 aliphatic heterocycles. The molecule has 5 nitrogen and oxygen atoms in total. The quantitative estimate of drug-likeness (QED) is 0.813. The molecule has 1 atom stereocenters. The van der Waals surface area contributed by atoms with Crippen LogP contribution in [0.2, 0.25) is 0 Å². The lowest BCUT2D eigenvalue weighted by Crippen LogP contribution is -2.22. The van der Waals surface area contributed by atoms with Gasteiger partial charge in [0.05, 0.1) is 6.54 Å². The molecule has 0 amide bonds. The van der Waals surface area contributed by atoms with Crippen molar-refractivity contribution < 1.29 is 5.11 Å². The van der Waals surface area contributed by atoms with Crippen molar-refractivity contribution in [3.05, 3.63) is 17.6 Å². The summed E-state index contributed by atoms with van der Waals surface area (Å²) in [5, 5.41) is 12.2. The second-order valence-electron chi connectivity index (χ2n) is 5.24. The van der Waals surface area contributed by atoms with Gasteiger partial charge in [-0.15, -0.1) is 0 Å². The zero-order chi connectivity index (χ0) is 13.7. The number of nitrogens with one attached hydrogen (secondary N) is 1. The third-order valence-electron chi connectivity index (χ3n) is 3.53. The average Bonchev–Trinajstić information content (AvgIpc) is 2.76. The fraction of sp³-hybridized carbons (Fsp3) is 0.714. The maximum Gasteiger partial charge on any atom is 0.144 e. The Hall–Kier alpha value is -1.20. The van der Waals surface area contributed by atoms with Crippen molar-refractivity contribution in [3.8, 4) is 0 Å². The first kappa shape index (κ1) is 14.2. The van der Waals surface area contributed by atoms with Crippen LogP contribution in [0.25, 0.3) is 0 Å². The third kappa shape index (κ3) is 4.14. The highest BCUT2D eigenvalue weighted by Gasteiger charge is 2.22. The van der Waals surface area contributed by atoms with Gasteiger partial charge in [0.1, 0.15) is 11.6 Å². The minimum Gasteiger partial charge on any atom is -0.396 e. The van der Waals surface area contributed by atoms with Crippen LogP contribution in [0, 0.1) is 12.8 Å². The van der Waals surface area contributed by atoms with Crippen LogP contribution in [0.15, 0.2) is 6.07 Å². The summed E-state index contributed by atoms with van der Waals surface area (Å²) in [6.07, 6.45) is 2.08. The SMILES string of the molecule is CCNc1cc(C)nc(CN2CCC(CCO)C2)n1. The van der Waals surface area contributed by atoms with Crippen LogP contribution >= 0.6 is 0 Å². The molecule has 0 bridgehead atoms. The summed E-state index contributed by atoms with van der Waals surface area (Å²) in [6, 6.07) is 1.98. The Morgan fingerprint density at radius 2 is 2.32 bits per heavy atom. The predicted octanol–water partition coefficient (Wildman–Crippen LogP) is 1.42. The minimum absolute atomic E-state index is 0.296.